The Bertz CT molecular complexity index is 1050. The van der Waals surface area contributed by atoms with Gasteiger partial charge in [0, 0.05) is 18.3 Å². The summed E-state index contributed by atoms with van der Waals surface area (Å²) < 4.78 is 10.7. The zero-order valence-corrected chi connectivity index (χ0v) is 17.9. The number of hydrogen-bond acceptors (Lipinski definition) is 6. The first kappa shape index (κ1) is 23.3. The molecule has 1 atom stereocenters. The van der Waals surface area contributed by atoms with Crippen molar-refractivity contribution in [3.63, 3.8) is 0 Å². The predicted molar refractivity (Wildman–Crippen MR) is 124 cm³/mol. The standard InChI is InChI=1S/C24H25N5O4/c1-2-12-32-21-10-8-18(9-11-21)14-27-29-23(30)22(13-20-15-25-17-26-20)28-24(31)33-16-19-6-4-3-5-7-19/h2-11,14-15,17,22H,1,12-13,16H2,(H,25,26)(H,28,31)(H,29,30)/b27-14-/t22-/m1/s1. The summed E-state index contributed by atoms with van der Waals surface area (Å²) in [5.74, 6) is 0.206. The normalized spacial score (nSPS) is 11.5. The maximum Gasteiger partial charge on any atom is 0.408 e. The van der Waals surface area contributed by atoms with Gasteiger partial charge in [0.1, 0.15) is 25.0 Å². The summed E-state index contributed by atoms with van der Waals surface area (Å²) in [7, 11) is 0. The van der Waals surface area contributed by atoms with E-state index in [1.165, 1.54) is 12.5 Å². The third-order valence-electron chi connectivity index (χ3n) is 4.44. The second-order valence-corrected chi connectivity index (χ2v) is 6.94. The van der Waals surface area contributed by atoms with Crippen molar-refractivity contribution in [2.45, 2.75) is 19.1 Å². The molecular weight excluding hydrogens is 422 g/mol. The number of nitrogens with zero attached hydrogens (tertiary/aromatic N) is 2. The molecule has 9 heteroatoms. The van der Waals surface area contributed by atoms with Crippen LogP contribution in [-0.2, 0) is 22.6 Å². The molecule has 33 heavy (non-hydrogen) atoms. The van der Waals surface area contributed by atoms with Gasteiger partial charge < -0.3 is 19.8 Å². The Hall–Kier alpha value is -4.40. The summed E-state index contributed by atoms with van der Waals surface area (Å²) in [6.07, 6.45) is 5.72. The lowest BCUT2D eigenvalue weighted by Gasteiger charge is -2.16. The number of amides is 2. The molecule has 2 amide bonds. The van der Waals surface area contributed by atoms with Crippen LogP contribution < -0.4 is 15.5 Å². The van der Waals surface area contributed by atoms with Gasteiger partial charge in [0.25, 0.3) is 5.91 Å². The van der Waals surface area contributed by atoms with Crippen LogP contribution in [0, 0.1) is 0 Å². The Kier molecular flexibility index (Phi) is 8.78. The quantitative estimate of drug-likeness (QED) is 0.237. The minimum atomic E-state index is -0.916. The summed E-state index contributed by atoms with van der Waals surface area (Å²) in [4.78, 5) is 31.8. The molecule has 0 aliphatic rings. The highest BCUT2D eigenvalue weighted by molar-refractivity contribution is 5.87. The fourth-order valence-electron chi connectivity index (χ4n) is 2.79. The lowest BCUT2D eigenvalue weighted by molar-refractivity contribution is -0.123. The first-order chi connectivity index (χ1) is 16.1. The average molecular weight is 447 g/mol. The van der Waals surface area contributed by atoms with E-state index < -0.39 is 18.0 Å². The maximum absolute atomic E-state index is 12.7. The minimum absolute atomic E-state index is 0.0930. The molecule has 0 unspecified atom stereocenters. The third-order valence-corrected chi connectivity index (χ3v) is 4.44. The lowest BCUT2D eigenvalue weighted by Crippen LogP contribution is -2.47. The van der Waals surface area contributed by atoms with Gasteiger partial charge in [-0.15, -0.1) is 0 Å². The number of rotatable bonds is 11. The first-order valence-corrected chi connectivity index (χ1v) is 10.2. The second kappa shape index (κ2) is 12.5. The van der Waals surface area contributed by atoms with Crippen molar-refractivity contribution in [1.82, 2.24) is 20.7 Å². The van der Waals surface area contributed by atoms with E-state index in [9.17, 15) is 9.59 Å². The van der Waals surface area contributed by atoms with E-state index in [-0.39, 0.29) is 13.0 Å². The molecule has 3 rings (SSSR count). The number of H-pyrrole nitrogens is 1. The Morgan fingerprint density at radius 1 is 1.15 bits per heavy atom. The summed E-state index contributed by atoms with van der Waals surface area (Å²) in [5, 5.41) is 6.57. The molecule has 0 fully saturated rings. The summed E-state index contributed by atoms with van der Waals surface area (Å²) in [6, 6.07) is 15.5. The van der Waals surface area contributed by atoms with Crippen molar-refractivity contribution in [2.75, 3.05) is 6.61 Å². The zero-order chi connectivity index (χ0) is 23.3. The van der Waals surface area contributed by atoms with Crippen LogP contribution in [0.3, 0.4) is 0 Å². The molecule has 9 nitrogen and oxygen atoms in total. The number of imidazole rings is 1. The van der Waals surface area contributed by atoms with Gasteiger partial charge in [0.05, 0.1) is 12.5 Å². The molecule has 1 aromatic heterocycles. The molecular formula is C24H25N5O4. The fourth-order valence-corrected chi connectivity index (χ4v) is 2.79. The van der Waals surface area contributed by atoms with E-state index in [1.807, 2.05) is 30.3 Å². The van der Waals surface area contributed by atoms with Crippen molar-refractivity contribution in [3.8, 4) is 5.75 Å². The van der Waals surface area contributed by atoms with Crippen molar-refractivity contribution in [1.29, 1.82) is 0 Å². The fraction of sp³-hybridized carbons (Fsp3) is 0.167. The smallest absolute Gasteiger partial charge is 0.408 e. The molecule has 0 saturated carbocycles. The van der Waals surface area contributed by atoms with Crippen LogP contribution in [0.4, 0.5) is 4.79 Å². The molecule has 0 bridgehead atoms. The number of hydrazone groups is 1. The van der Waals surface area contributed by atoms with Gasteiger partial charge in [-0.05, 0) is 35.4 Å². The highest BCUT2D eigenvalue weighted by Gasteiger charge is 2.22. The van der Waals surface area contributed by atoms with Gasteiger partial charge in [-0.2, -0.15) is 5.10 Å². The molecule has 3 aromatic rings. The van der Waals surface area contributed by atoms with Crippen LogP contribution in [0.5, 0.6) is 5.75 Å². The van der Waals surface area contributed by atoms with E-state index in [0.717, 1.165) is 11.1 Å². The SMILES string of the molecule is C=CCOc1ccc(/C=N\NC(=O)[C@@H](Cc2cnc[nH]2)NC(=O)OCc2ccccc2)cc1. The Morgan fingerprint density at radius 2 is 1.94 bits per heavy atom. The monoisotopic (exact) mass is 447 g/mol. The van der Waals surface area contributed by atoms with E-state index in [2.05, 4.69) is 32.4 Å². The molecule has 170 valence electrons. The highest BCUT2D eigenvalue weighted by Crippen LogP contribution is 2.11. The number of aromatic nitrogens is 2. The van der Waals surface area contributed by atoms with Gasteiger partial charge in [0.15, 0.2) is 0 Å². The number of nitrogens with one attached hydrogen (secondary N) is 3. The van der Waals surface area contributed by atoms with Gasteiger partial charge >= 0.3 is 6.09 Å². The molecule has 1 heterocycles. The van der Waals surface area contributed by atoms with E-state index in [1.54, 1.807) is 36.5 Å². The minimum Gasteiger partial charge on any atom is -0.490 e. The van der Waals surface area contributed by atoms with Crippen LogP contribution in [0.2, 0.25) is 0 Å². The number of ether oxygens (including phenoxy) is 2. The van der Waals surface area contributed by atoms with Crippen LogP contribution in [0.25, 0.3) is 0 Å². The number of hydrogen-bond donors (Lipinski definition) is 3. The lowest BCUT2D eigenvalue weighted by atomic mass is 10.1. The number of aromatic amines is 1. The summed E-state index contributed by atoms with van der Waals surface area (Å²) in [5.41, 5.74) is 4.74. The van der Waals surface area contributed by atoms with E-state index in [4.69, 9.17) is 9.47 Å². The zero-order valence-electron chi connectivity index (χ0n) is 17.9. The van der Waals surface area contributed by atoms with Crippen LogP contribution >= 0.6 is 0 Å². The molecule has 0 radical (unpaired) electrons. The number of benzene rings is 2. The number of carbonyl (C=O) groups excluding carboxylic acids is 2. The van der Waals surface area contributed by atoms with Crippen molar-refractivity contribution in [3.05, 3.63) is 96.6 Å². The van der Waals surface area contributed by atoms with Gasteiger partial charge in [0.2, 0.25) is 0 Å². The summed E-state index contributed by atoms with van der Waals surface area (Å²) in [6.45, 7) is 4.12. The van der Waals surface area contributed by atoms with Gasteiger partial charge in [-0.3, -0.25) is 4.79 Å². The van der Waals surface area contributed by atoms with Crippen molar-refractivity contribution >= 4 is 18.2 Å². The third kappa shape index (κ3) is 7.98. The maximum atomic E-state index is 12.7. The van der Waals surface area contributed by atoms with Crippen molar-refractivity contribution in [2.24, 2.45) is 5.10 Å². The molecule has 0 aliphatic carbocycles. The van der Waals surface area contributed by atoms with E-state index >= 15 is 0 Å². The second-order valence-electron chi connectivity index (χ2n) is 6.94. The Morgan fingerprint density at radius 3 is 2.64 bits per heavy atom. The highest BCUT2D eigenvalue weighted by atomic mass is 16.5. The molecule has 2 aromatic carbocycles. The largest absolute Gasteiger partial charge is 0.490 e. The van der Waals surface area contributed by atoms with E-state index in [0.29, 0.717) is 18.1 Å². The first-order valence-electron chi connectivity index (χ1n) is 10.2. The molecule has 0 aliphatic heterocycles. The van der Waals surface area contributed by atoms with Crippen LogP contribution in [-0.4, -0.2) is 40.8 Å². The Labute approximate surface area is 191 Å². The molecule has 0 saturated heterocycles. The Balaban J connectivity index is 1.56. The number of alkyl carbamates (subject to hydrolysis) is 1. The van der Waals surface area contributed by atoms with Gasteiger partial charge in [-0.25, -0.2) is 15.2 Å². The van der Waals surface area contributed by atoms with Gasteiger partial charge in [-0.1, -0.05) is 43.0 Å². The van der Waals surface area contributed by atoms with Crippen molar-refractivity contribution < 1.29 is 19.1 Å². The topological polar surface area (TPSA) is 118 Å². The molecule has 3 N–H and O–H groups in total. The van der Waals surface area contributed by atoms with Crippen LogP contribution in [0.15, 0.2) is 84.9 Å². The van der Waals surface area contributed by atoms with Crippen LogP contribution in [0.1, 0.15) is 16.8 Å². The molecule has 0 spiro atoms. The number of carbonyl (C=O) groups is 2. The average Bonchev–Trinajstić information content (AvgIpc) is 3.35. The predicted octanol–water partition coefficient (Wildman–Crippen LogP) is 2.96. The summed E-state index contributed by atoms with van der Waals surface area (Å²) >= 11 is 0.